The van der Waals surface area contributed by atoms with Crippen LogP contribution in [0.2, 0.25) is 5.02 Å². The topological polar surface area (TPSA) is 64.9 Å². The van der Waals surface area contributed by atoms with Crippen LogP contribution in [0.5, 0.6) is 11.5 Å². The number of hydrogen-bond acceptors (Lipinski definition) is 5. The van der Waals surface area contributed by atoms with Crippen molar-refractivity contribution in [2.45, 2.75) is 20.3 Å². The van der Waals surface area contributed by atoms with Gasteiger partial charge in [0.25, 0.3) is 0 Å². The smallest absolute Gasteiger partial charge is 0.244 e. The van der Waals surface area contributed by atoms with E-state index in [1.165, 1.54) is 4.88 Å². The van der Waals surface area contributed by atoms with Crippen molar-refractivity contribution >= 4 is 39.9 Å². The molecule has 146 valence electrons. The van der Waals surface area contributed by atoms with Crippen LogP contribution >= 0.6 is 22.9 Å². The molecule has 0 fully saturated rings. The first-order valence-corrected chi connectivity index (χ1v) is 10.2. The Morgan fingerprint density at radius 2 is 2.18 bits per heavy atom. The third kappa shape index (κ3) is 3.86. The van der Waals surface area contributed by atoms with E-state index in [1.807, 2.05) is 36.6 Å². The second kappa shape index (κ2) is 7.85. The minimum absolute atomic E-state index is 0.148. The molecule has 1 amide bonds. The van der Waals surface area contributed by atoms with Crippen molar-refractivity contribution in [3.63, 3.8) is 0 Å². The van der Waals surface area contributed by atoms with Gasteiger partial charge in [0.1, 0.15) is 13.2 Å². The van der Waals surface area contributed by atoms with Gasteiger partial charge < -0.3 is 14.8 Å². The number of ether oxygens (including phenoxy) is 2. The van der Waals surface area contributed by atoms with Gasteiger partial charge in [-0.25, -0.2) is 4.98 Å². The summed E-state index contributed by atoms with van der Waals surface area (Å²) in [4.78, 5) is 18.8. The van der Waals surface area contributed by atoms with Crippen molar-refractivity contribution in [3.8, 4) is 11.5 Å². The summed E-state index contributed by atoms with van der Waals surface area (Å²) in [5.74, 6) is 1.10. The van der Waals surface area contributed by atoms with Crippen LogP contribution in [0.4, 0.5) is 0 Å². The van der Waals surface area contributed by atoms with Crippen LogP contribution in [0.1, 0.15) is 21.8 Å². The number of aryl methyl sites for hydroxylation is 2. The minimum Gasteiger partial charge on any atom is -0.486 e. The molecule has 1 N–H and O–H groups in total. The second-order valence-corrected chi connectivity index (χ2v) is 8.17. The Hall–Kier alpha value is -2.51. The molecule has 0 aliphatic carbocycles. The summed E-state index contributed by atoms with van der Waals surface area (Å²) < 4.78 is 13.1. The fourth-order valence-corrected chi connectivity index (χ4v) is 4.30. The number of carbonyl (C=O) groups excluding carboxylic acids is 1. The van der Waals surface area contributed by atoms with Crippen molar-refractivity contribution in [2.75, 3.05) is 19.8 Å². The average Bonchev–Trinajstić information content (AvgIpc) is 3.15. The zero-order chi connectivity index (χ0) is 19.7. The fourth-order valence-electron chi connectivity index (χ4n) is 3.13. The summed E-state index contributed by atoms with van der Waals surface area (Å²) in [7, 11) is 0. The number of hydrogen-bond donors (Lipinski definition) is 1. The first-order valence-electron chi connectivity index (χ1n) is 9.00. The van der Waals surface area contributed by atoms with E-state index in [1.54, 1.807) is 23.5 Å². The highest BCUT2D eigenvalue weighted by atomic mass is 35.5. The van der Waals surface area contributed by atoms with Gasteiger partial charge in [0.05, 0.1) is 16.4 Å². The molecular formula is C20H20ClN3O3S. The Labute approximate surface area is 171 Å². The fraction of sp³-hybridized carbons (Fsp3) is 0.300. The maximum Gasteiger partial charge on any atom is 0.244 e. The Bertz CT molecular complexity index is 1070. The maximum absolute atomic E-state index is 12.2. The van der Waals surface area contributed by atoms with Crippen LogP contribution in [0.25, 0.3) is 11.0 Å². The molecule has 6 nitrogen and oxygen atoms in total. The van der Waals surface area contributed by atoms with E-state index in [-0.39, 0.29) is 5.91 Å². The molecule has 0 spiro atoms. The zero-order valence-corrected chi connectivity index (χ0v) is 17.2. The van der Waals surface area contributed by atoms with E-state index in [0.717, 1.165) is 21.9 Å². The summed E-state index contributed by atoms with van der Waals surface area (Å²) in [5.41, 5.74) is 2.81. The molecule has 8 heteroatoms. The van der Waals surface area contributed by atoms with Gasteiger partial charge in [0, 0.05) is 23.7 Å². The highest BCUT2D eigenvalue weighted by Crippen LogP contribution is 2.38. The molecule has 0 saturated carbocycles. The number of aromatic nitrogens is 2. The molecule has 0 bridgehead atoms. The number of imidazole rings is 1. The van der Waals surface area contributed by atoms with Gasteiger partial charge in [0.2, 0.25) is 5.91 Å². The van der Waals surface area contributed by atoms with Crippen molar-refractivity contribution in [1.29, 1.82) is 0 Å². The Morgan fingerprint density at radius 1 is 1.36 bits per heavy atom. The summed E-state index contributed by atoms with van der Waals surface area (Å²) in [6.45, 7) is 5.50. The zero-order valence-electron chi connectivity index (χ0n) is 15.6. The monoisotopic (exact) mass is 417 g/mol. The molecule has 3 aromatic rings. The predicted molar refractivity (Wildman–Crippen MR) is 111 cm³/mol. The van der Waals surface area contributed by atoms with Crippen molar-refractivity contribution in [2.24, 2.45) is 0 Å². The molecule has 28 heavy (non-hydrogen) atoms. The number of fused-ring (bicyclic) bond motifs is 2. The number of nitrogens with one attached hydrogen (secondary N) is 1. The molecule has 4 rings (SSSR count). The molecule has 3 heterocycles. The number of thiazole rings is 1. The largest absolute Gasteiger partial charge is 0.486 e. The van der Waals surface area contributed by atoms with Crippen LogP contribution in [0, 0.1) is 13.8 Å². The third-order valence-electron chi connectivity index (χ3n) is 4.42. The summed E-state index contributed by atoms with van der Waals surface area (Å²) in [6, 6.07) is 3.76. The molecule has 1 aliphatic rings. The van der Waals surface area contributed by atoms with Gasteiger partial charge in [-0.2, -0.15) is 0 Å². The van der Waals surface area contributed by atoms with Crippen molar-refractivity contribution < 1.29 is 14.3 Å². The highest BCUT2D eigenvalue weighted by Gasteiger charge is 2.16. The van der Waals surface area contributed by atoms with Gasteiger partial charge in [-0.1, -0.05) is 11.6 Å². The summed E-state index contributed by atoms with van der Waals surface area (Å²) in [6.07, 6.45) is 6.02. The second-order valence-electron chi connectivity index (χ2n) is 6.55. The lowest BCUT2D eigenvalue weighted by molar-refractivity contribution is -0.116. The molecule has 1 aliphatic heterocycles. The third-order valence-corrected chi connectivity index (χ3v) is 5.60. The molecule has 2 aromatic heterocycles. The number of carbonyl (C=O) groups is 1. The SMILES string of the molecule is Cc1cn2c(/C=C/C(=O)NCCc3cc(Cl)c4c(c3)OCCO4)c(C)nc2s1. The molecule has 0 unspecified atom stereocenters. The van der Waals surface area contributed by atoms with Crippen LogP contribution < -0.4 is 14.8 Å². The predicted octanol–water partition coefficient (Wildman–Crippen LogP) is 3.81. The quantitative estimate of drug-likeness (QED) is 0.641. The van der Waals surface area contributed by atoms with E-state index in [4.69, 9.17) is 21.1 Å². The lowest BCUT2D eigenvalue weighted by Crippen LogP contribution is -2.23. The van der Waals surface area contributed by atoms with Gasteiger partial charge >= 0.3 is 0 Å². The normalized spacial score (nSPS) is 13.4. The van der Waals surface area contributed by atoms with E-state index in [2.05, 4.69) is 10.3 Å². The first kappa shape index (κ1) is 18.8. The Balaban J connectivity index is 1.36. The summed E-state index contributed by atoms with van der Waals surface area (Å²) >= 11 is 7.88. The van der Waals surface area contributed by atoms with E-state index in [0.29, 0.717) is 42.7 Å². The van der Waals surface area contributed by atoms with Crippen LogP contribution in [-0.4, -0.2) is 35.1 Å². The summed E-state index contributed by atoms with van der Waals surface area (Å²) in [5, 5.41) is 3.43. The van der Waals surface area contributed by atoms with Crippen LogP contribution in [0.3, 0.4) is 0 Å². The Kier molecular flexibility index (Phi) is 5.28. The maximum atomic E-state index is 12.2. The Morgan fingerprint density at radius 3 is 3.04 bits per heavy atom. The van der Waals surface area contributed by atoms with Crippen molar-refractivity contribution in [3.05, 3.63) is 51.3 Å². The minimum atomic E-state index is -0.148. The molecule has 0 saturated heterocycles. The number of halogens is 1. The highest BCUT2D eigenvalue weighted by molar-refractivity contribution is 7.17. The molecule has 0 radical (unpaired) electrons. The lowest BCUT2D eigenvalue weighted by atomic mass is 10.1. The van der Waals surface area contributed by atoms with Gasteiger partial charge in [-0.05, 0) is 44.0 Å². The van der Waals surface area contributed by atoms with E-state index >= 15 is 0 Å². The number of rotatable bonds is 5. The standard InChI is InChI=1S/C20H20ClN3O3S/c1-12-11-24-16(13(2)23-20(24)28-12)3-4-18(25)22-6-5-14-9-15(21)19-17(10-14)26-7-8-27-19/h3-4,9-11H,5-8H2,1-2H3,(H,22,25)/b4-3+. The number of nitrogens with zero attached hydrogens (tertiary/aromatic N) is 2. The molecular weight excluding hydrogens is 398 g/mol. The molecule has 0 atom stereocenters. The van der Waals surface area contributed by atoms with E-state index in [9.17, 15) is 4.79 Å². The van der Waals surface area contributed by atoms with Gasteiger partial charge in [0.15, 0.2) is 16.5 Å². The van der Waals surface area contributed by atoms with Crippen LogP contribution in [-0.2, 0) is 11.2 Å². The lowest BCUT2D eigenvalue weighted by Gasteiger charge is -2.20. The van der Waals surface area contributed by atoms with Gasteiger partial charge in [-0.3, -0.25) is 9.20 Å². The van der Waals surface area contributed by atoms with E-state index < -0.39 is 0 Å². The molecule has 1 aromatic carbocycles. The van der Waals surface area contributed by atoms with Crippen molar-refractivity contribution in [1.82, 2.24) is 14.7 Å². The van der Waals surface area contributed by atoms with Crippen LogP contribution in [0.15, 0.2) is 24.4 Å². The van der Waals surface area contributed by atoms with Gasteiger partial charge in [-0.15, -0.1) is 11.3 Å². The first-order chi connectivity index (χ1) is 13.5. The average molecular weight is 418 g/mol. The number of benzene rings is 1. The number of amides is 1.